The van der Waals surface area contributed by atoms with Crippen LogP contribution < -0.4 is 5.32 Å². The van der Waals surface area contributed by atoms with Gasteiger partial charge < -0.3 is 10.1 Å². The van der Waals surface area contributed by atoms with E-state index in [9.17, 15) is 0 Å². The van der Waals surface area contributed by atoms with Gasteiger partial charge in [0.2, 0.25) is 0 Å². The molecule has 0 aromatic heterocycles. The Labute approximate surface area is 113 Å². The molecule has 1 saturated heterocycles. The van der Waals surface area contributed by atoms with Gasteiger partial charge in [-0.15, -0.1) is 0 Å². The third kappa shape index (κ3) is 3.69. The van der Waals surface area contributed by atoms with E-state index in [-0.39, 0.29) is 5.54 Å². The third-order valence-electron chi connectivity index (χ3n) is 4.90. The van der Waals surface area contributed by atoms with Gasteiger partial charge >= 0.3 is 0 Å². The lowest BCUT2D eigenvalue weighted by Crippen LogP contribution is -2.65. The molecule has 1 heterocycles. The first-order chi connectivity index (χ1) is 8.46. The van der Waals surface area contributed by atoms with Crippen molar-refractivity contribution in [1.29, 1.82) is 0 Å². The molecule has 108 valence electrons. The number of hydrogen-bond acceptors (Lipinski definition) is 3. The number of piperazine rings is 1. The normalized spacial score (nSPS) is 33.3. The summed E-state index contributed by atoms with van der Waals surface area (Å²) in [4.78, 5) is 2.63. The molecule has 0 radical (unpaired) electrons. The molecule has 18 heavy (non-hydrogen) atoms. The highest BCUT2D eigenvalue weighted by molar-refractivity contribution is 4.96. The van der Waals surface area contributed by atoms with E-state index in [2.05, 4.69) is 44.8 Å². The van der Waals surface area contributed by atoms with Gasteiger partial charge in [0.1, 0.15) is 0 Å². The maximum atomic E-state index is 5.45. The molecule has 1 aliphatic rings. The van der Waals surface area contributed by atoms with Crippen LogP contribution in [0.3, 0.4) is 0 Å². The summed E-state index contributed by atoms with van der Waals surface area (Å²) in [7, 11) is 1.81. The molecule has 1 fully saturated rings. The lowest BCUT2D eigenvalue weighted by Gasteiger charge is -2.49. The summed E-state index contributed by atoms with van der Waals surface area (Å²) in [5.74, 6) is 0.742. The maximum absolute atomic E-state index is 5.45. The molecule has 0 amide bonds. The Morgan fingerprint density at radius 1 is 1.39 bits per heavy atom. The molecular weight excluding hydrogens is 224 g/mol. The van der Waals surface area contributed by atoms with Crippen molar-refractivity contribution in [3.05, 3.63) is 0 Å². The Balaban J connectivity index is 2.70. The minimum absolute atomic E-state index is 0.275. The molecule has 0 aliphatic carbocycles. The molecule has 4 atom stereocenters. The monoisotopic (exact) mass is 256 g/mol. The zero-order valence-corrected chi connectivity index (χ0v) is 13.1. The van der Waals surface area contributed by atoms with Gasteiger partial charge in [0.15, 0.2) is 0 Å². The van der Waals surface area contributed by atoms with E-state index in [1.807, 2.05) is 7.11 Å². The Morgan fingerprint density at radius 3 is 2.56 bits per heavy atom. The Morgan fingerprint density at radius 2 is 2.06 bits per heavy atom. The second kappa shape index (κ2) is 6.88. The van der Waals surface area contributed by atoms with Crippen molar-refractivity contribution in [3.8, 4) is 0 Å². The predicted octanol–water partition coefficient (Wildman–Crippen LogP) is 2.51. The Kier molecular flexibility index (Phi) is 6.09. The molecule has 3 heteroatoms. The van der Waals surface area contributed by atoms with Crippen LogP contribution in [0.25, 0.3) is 0 Å². The van der Waals surface area contributed by atoms with Gasteiger partial charge in [-0.05, 0) is 26.2 Å². The largest absolute Gasteiger partial charge is 0.380 e. The zero-order valence-electron chi connectivity index (χ0n) is 13.1. The highest BCUT2D eigenvalue weighted by Crippen LogP contribution is 2.26. The van der Waals surface area contributed by atoms with E-state index in [1.165, 1.54) is 12.8 Å². The number of nitrogens with one attached hydrogen (secondary N) is 1. The van der Waals surface area contributed by atoms with Gasteiger partial charge in [0.25, 0.3) is 0 Å². The summed E-state index contributed by atoms with van der Waals surface area (Å²) in [6.45, 7) is 14.7. The van der Waals surface area contributed by atoms with E-state index in [4.69, 9.17) is 4.74 Å². The van der Waals surface area contributed by atoms with Crippen molar-refractivity contribution in [3.63, 3.8) is 0 Å². The minimum Gasteiger partial charge on any atom is -0.380 e. The zero-order chi connectivity index (χ0) is 13.8. The molecular formula is C15H32N2O. The van der Waals surface area contributed by atoms with Gasteiger partial charge in [0.05, 0.1) is 6.10 Å². The summed E-state index contributed by atoms with van der Waals surface area (Å²) in [6.07, 6.45) is 2.74. The van der Waals surface area contributed by atoms with Crippen LogP contribution in [0.1, 0.15) is 47.5 Å². The van der Waals surface area contributed by atoms with Gasteiger partial charge in [-0.1, -0.05) is 27.2 Å². The van der Waals surface area contributed by atoms with Gasteiger partial charge in [-0.2, -0.15) is 0 Å². The van der Waals surface area contributed by atoms with Crippen LogP contribution >= 0.6 is 0 Å². The average Bonchev–Trinajstić information content (AvgIpc) is 2.40. The lowest BCUT2D eigenvalue weighted by molar-refractivity contribution is -0.00826. The predicted molar refractivity (Wildman–Crippen MR) is 78.0 cm³/mol. The topological polar surface area (TPSA) is 24.5 Å². The van der Waals surface area contributed by atoms with Crippen LogP contribution in [0.2, 0.25) is 0 Å². The SMILES string of the molecule is CCC(C)C1CN(CC(C)OC)C(C)(CC)CN1. The molecule has 3 nitrogen and oxygen atoms in total. The molecule has 0 bridgehead atoms. The lowest BCUT2D eigenvalue weighted by atomic mass is 9.87. The third-order valence-corrected chi connectivity index (χ3v) is 4.90. The number of methoxy groups -OCH3 is 1. The van der Waals surface area contributed by atoms with Gasteiger partial charge in [-0.25, -0.2) is 0 Å². The van der Waals surface area contributed by atoms with Gasteiger partial charge in [0, 0.05) is 38.3 Å². The van der Waals surface area contributed by atoms with Gasteiger partial charge in [-0.3, -0.25) is 4.90 Å². The highest BCUT2D eigenvalue weighted by atomic mass is 16.5. The van der Waals surface area contributed by atoms with Crippen molar-refractivity contribution in [2.24, 2.45) is 5.92 Å². The Bertz CT molecular complexity index is 247. The fourth-order valence-corrected chi connectivity index (χ4v) is 2.68. The first-order valence-electron chi connectivity index (χ1n) is 7.48. The van der Waals surface area contributed by atoms with Crippen LogP contribution in [0.5, 0.6) is 0 Å². The molecule has 0 aromatic rings. The molecule has 0 spiro atoms. The number of rotatable bonds is 6. The smallest absolute Gasteiger partial charge is 0.0670 e. The first kappa shape index (κ1) is 15.9. The van der Waals surface area contributed by atoms with E-state index in [1.54, 1.807) is 0 Å². The fourth-order valence-electron chi connectivity index (χ4n) is 2.68. The highest BCUT2D eigenvalue weighted by Gasteiger charge is 2.37. The molecule has 1 N–H and O–H groups in total. The standard InChI is InChI=1S/C15H32N2O/c1-7-12(3)14-10-17(9-13(4)18-6)15(5,8-2)11-16-14/h12-14,16H,7-11H2,1-6H3. The van der Waals surface area contributed by atoms with Crippen LogP contribution in [-0.2, 0) is 4.74 Å². The van der Waals surface area contributed by atoms with Crippen molar-refractivity contribution < 1.29 is 4.74 Å². The maximum Gasteiger partial charge on any atom is 0.0670 e. The Hall–Kier alpha value is -0.120. The molecule has 4 unspecified atom stereocenters. The van der Waals surface area contributed by atoms with Crippen molar-refractivity contribution in [2.75, 3.05) is 26.7 Å². The minimum atomic E-state index is 0.275. The molecule has 0 aromatic carbocycles. The van der Waals surface area contributed by atoms with E-state index >= 15 is 0 Å². The van der Waals surface area contributed by atoms with Crippen LogP contribution in [0.15, 0.2) is 0 Å². The summed E-state index contributed by atoms with van der Waals surface area (Å²) >= 11 is 0. The number of nitrogens with zero attached hydrogens (tertiary/aromatic N) is 1. The van der Waals surface area contributed by atoms with E-state index in [0.29, 0.717) is 12.1 Å². The number of hydrogen-bond donors (Lipinski definition) is 1. The van der Waals surface area contributed by atoms with E-state index < -0.39 is 0 Å². The fraction of sp³-hybridized carbons (Fsp3) is 1.00. The molecule has 1 aliphatic heterocycles. The second-order valence-electron chi connectivity index (χ2n) is 6.17. The van der Waals surface area contributed by atoms with E-state index in [0.717, 1.165) is 25.6 Å². The number of ether oxygens (including phenoxy) is 1. The van der Waals surface area contributed by atoms with Crippen molar-refractivity contribution in [2.45, 2.75) is 65.1 Å². The molecule has 1 rings (SSSR count). The average molecular weight is 256 g/mol. The van der Waals surface area contributed by atoms with Crippen molar-refractivity contribution >= 4 is 0 Å². The summed E-state index contributed by atoms with van der Waals surface area (Å²) in [5.41, 5.74) is 0.275. The van der Waals surface area contributed by atoms with Crippen LogP contribution in [-0.4, -0.2) is 49.3 Å². The van der Waals surface area contributed by atoms with Crippen molar-refractivity contribution in [1.82, 2.24) is 10.2 Å². The van der Waals surface area contributed by atoms with Crippen LogP contribution in [0, 0.1) is 5.92 Å². The second-order valence-corrected chi connectivity index (χ2v) is 6.17. The first-order valence-corrected chi connectivity index (χ1v) is 7.48. The summed E-state index contributed by atoms with van der Waals surface area (Å²) in [5, 5.41) is 3.75. The summed E-state index contributed by atoms with van der Waals surface area (Å²) in [6, 6.07) is 0.624. The van der Waals surface area contributed by atoms with Crippen LogP contribution in [0.4, 0.5) is 0 Å². The molecule has 0 saturated carbocycles. The summed E-state index contributed by atoms with van der Waals surface area (Å²) < 4.78 is 5.45. The quantitative estimate of drug-likeness (QED) is 0.790.